The summed E-state index contributed by atoms with van der Waals surface area (Å²) in [6.07, 6.45) is -1.75. The third-order valence-electron chi connectivity index (χ3n) is 3.77. The molecule has 0 saturated heterocycles. The van der Waals surface area contributed by atoms with Crippen molar-refractivity contribution >= 4 is 23.3 Å². The SMILES string of the molecule is O=C(O)Cc1c(F)cc(NCCNC[C@H](O)c2cccc(Cl)c2)c(F)c1F. The molecule has 0 aliphatic heterocycles. The van der Waals surface area contributed by atoms with Crippen molar-refractivity contribution in [2.24, 2.45) is 0 Å². The van der Waals surface area contributed by atoms with Crippen LogP contribution in [-0.2, 0) is 11.2 Å². The van der Waals surface area contributed by atoms with Gasteiger partial charge in [0.05, 0.1) is 18.2 Å². The smallest absolute Gasteiger partial charge is 0.308 e. The molecule has 0 radical (unpaired) electrons. The molecule has 0 bridgehead atoms. The number of nitrogens with one attached hydrogen (secondary N) is 2. The van der Waals surface area contributed by atoms with E-state index in [1.54, 1.807) is 24.3 Å². The maximum Gasteiger partial charge on any atom is 0.308 e. The first kappa shape index (κ1) is 21.0. The van der Waals surface area contributed by atoms with E-state index in [9.17, 15) is 23.1 Å². The topological polar surface area (TPSA) is 81.6 Å². The van der Waals surface area contributed by atoms with Gasteiger partial charge in [0.2, 0.25) is 0 Å². The summed E-state index contributed by atoms with van der Waals surface area (Å²) in [5, 5.41) is 24.6. The van der Waals surface area contributed by atoms with Crippen LogP contribution in [0.2, 0.25) is 5.02 Å². The van der Waals surface area contributed by atoms with Crippen LogP contribution in [0.15, 0.2) is 30.3 Å². The Morgan fingerprint density at radius 2 is 1.89 bits per heavy atom. The predicted molar refractivity (Wildman–Crippen MR) is 95.4 cm³/mol. The van der Waals surface area contributed by atoms with Gasteiger partial charge in [0.25, 0.3) is 0 Å². The highest BCUT2D eigenvalue weighted by molar-refractivity contribution is 6.30. The normalized spacial score (nSPS) is 12.0. The first-order chi connectivity index (χ1) is 12.8. The molecule has 0 aliphatic rings. The van der Waals surface area contributed by atoms with E-state index in [2.05, 4.69) is 10.6 Å². The minimum absolute atomic E-state index is 0.121. The van der Waals surface area contributed by atoms with Gasteiger partial charge in [0, 0.05) is 36.3 Å². The van der Waals surface area contributed by atoms with E-state index in [4.69, 9.17) is 16.7 Å². The van der Waals surface area contributed by atoms with Gasteiger partial charge in [-0.2, -0.15) is 0 Å². The van der Waals surface area contributed by atoms with E-state index in [-0.39, 0.29) is 19.6 Å². The van der Waals surface area contributed by atoms with Crippen molar-refractivity contribution in [3.05, 3.63) is 63.9 Å². The van der Waals surface area contributed by atoms with Gasteiger partial charge >= 0.3 is 5.97 Å². The van der Waals surface area contributed by atoms with E-state index >= 15 is 0 Å². The van der Waals surface area contributed by atoms with E-state index in [1.807, 2.05) is 0 Å². The highest BCUT2D eigenvalue weighted by Gasteiger charge is 2.20. The van der Waals surface area contributed by atoms with Crippen molar-refractivity contribution in [1.82, 2.24) is 5.32 Å². The van der Waals surface area contributed by atoms with Crippen LogP contribution < -0.4 is 10.6 Å². The Hall–Kier alpha value is -2.29. The molecule has 0 amide bonds. The lowest BCUT2D eigenvalue weighted by Gasteiger charge is -2.14. The van der Waals surface area contributed by atoms with Crippen molar-refractivity contribution in [2.45, 2.75) is 12.5 Å². The van der Waals surface area contributed by atoms with Crippen LogP contribution in [0.25, 0.3) is 0 Å². The minimum Gasteiger partial charge on any atom is -0.481 e. The lowest BCUT2D eigenvalue weighted by molar-refractivity contribution is -0.136. The van der Waals surface area contributed by atoms with Gasteiger partial charge in [-0.3, -0.25) is 4.79 Å². The molecule has 0 unspecified atom stereocenters. The van der Waals surface area contributed by atoms with Crippen LogP contribution in [0.4, 0.5) is 18.9 Å². The van der Waals surface area contributed by atoms with Gasteiger partial charge in [-0.15, -0.1) is 0 Å². The molecule has 0 spiro atoms. The highest BCUT2D eigenvalue weighted by atomic mass is 35.5. The molecule has 27 heavy (non-hydrogen) atoms. The summed E-state index contributed by atoms with van der Waals surface area (Å²) in [5.41, 5.74) is -0.600. The van der Waals surface area contributed by atoms with Crippen LogP contribution in [0.5, 0.6) is 0 Å². The van der Waals surface area contributed by atoms with Crippen LogP contribution >= 0.6 is 11.6 Å². The van der Waals surface area contributed by atoms with Crippen molar-refractivity contribution in [3.63, 3.8) is 0 Å². The van der Waals surface area contributed by atoms with Gasteiger partial charge in [-0.1, -0.05) is 23.7 Å². The van der Waals surface area contributed by atoms with Crippen molar-refractivity contribution in [1.29, 1.82) is 0 Å². The molecule has 2 aromatic rings. The number of carboxylic acids is 1. The molecule has 1 atom stereocenters. The molecule has 0 fully saturated rings. The fraction of sp³-hybridized carbons (Fsp3) is 0.278. The summed E-state index contributed by atoms with van der Waals surface area (Å²) in [6, 6.07) is 7.46. The van der Waals surface area contributed by atoms with E-state index in [0.29, 0.717) is 10.6 Å². The second kappa shape index (κ2) is 9.59. The lowest BCUT2D eigenvalue weighted by atomic mass is 10.1. The quantitative estimate of drug-likeness (QED) is 0.383. The largest absolute Gasteiger partial charge is 0.481 e. The van der Waals surface area contributed by atoms with Crippen LogP contribution in [0.3, 0.4) is 0 Å². The summed E-state index contributed by atoms with van der Waals surface area (Å²) in [6.45, 7) is 0.596. The summed E-state index contributed by atoms with van der Waals surface area (Å²) in [5.74, 6) is -5.46. The summed E-state index contributed by atoms with van der Waals surface area (Å²) >= 11 is 5.85. The average Bonchev–Trinajstić information content (AvgIpc) is 2.62. The maximum atomic E-state index is 13.9. The van der Waals surface area contributed by atoms with Gasteiger partial charge in [-0.05, 0) is 17.7 Å². The third kappa shape index (κ3) is 5.85. The predicted octanol–water partition coefficient (Wildman–Crippen LogP) is 3.12. The maximum absolute atomic E-state index is 13.9. The second-order valence-corrected chi connectivity index (χ2v) is 6.22. The van der Waals surface area contributed by atoms with E-state index in [0.717, 1.165) is 6.07 Å². The van der Waals surface area contributed by atoms with Crippen molar-refractivity contribution in [3.8, 4) is 0 Å². The highest BCUT2D eigenvalue weighted by Crippen LogP contribution is 2.24. The van der Waals surface area contributed by atoms with E-state index in [1.165, 1.54) is 0 Å². The molecule has 2 rings (SSSR count). The number of halogens is 4. The number of rotatable bonds is 9. The second-order valence-electron chi connectivity index (χ2n) is 5.78. The lowest BCUT2D eigenvalue weighted by Crippen LogP contribution is -2.27. The number of hydrogen-bond acceptors (Lipinski definition) is 4. The summed E-state index contributed by atoms with van der Waals surface area (Å²) in [7, 11) is 0. The summed E-state index contributed by atoms with van der Waals surface area (Å²) in [4.78, 5) is 10.6. The fourth-order valence-corrected chi connectivity index (χ4v) is 2.63. The summed E-state index contributed by atoms with van der Waals surface area (Å²) < 4.78 is 41.5. The number of anilines is 1. The van der Waals surface area contributed by atoms with Crippen LogP contribution in [0.1, 0.15) is 17.2 Å². The number of hydrogen-bond donors (Lipinski definition) is 4. The number of carboxylic acid groups (broad SMARTS) is 1. The minimum atomic E-state index is -1.52. The Morgan fingerprint density at radius 1 is 1.15 bits per heavy atom. The Balaban J connectivity index is 1.86. The molecule has 0 saturated carbocycles. The standard InChI is InChI=1S/C18H18ClF3N2O3/c19-11-3-1-2-10(6-11)15(25)9-23-4-5-24-14-8-13(20)12(7-16(26)27)17(21)18(14)22/h1-3,6,8,15,23-25H,4-5,7,9H2,(H,26,27)/t15-/m0/s1. The zero-order valence-electron chi connectivity index (χ0n) is 14.1. The molecule has 9 heteroatoms. The number of aliphatic hydroxyl groups excluding tert-OH is 1. The first-order valence-corrected chi connectivity index (χ1v) is 8.43. The molecule has 0 aromatic heterocycles. The monoisotopic (exact) mass is 402 g/mol. The number of benzene rings is 2. The van der Waals surface area contributed by atoms with Crippen molar-refractivity contribution in [2.75, 3.05) is 25.0 Å². The molecule has 2 aromatic carbocycles. The molecule has 0 heterocycles. The number of aliphatic carboxylic acids is 1. The third-order valence-corrected chi connectivity index (χ3v) is 4.00. The van der Waals surface area contributed by atoms with Gasteiger partial charge < -0.3 is 20.8 Å². The van der Waals surface area contributed by atoms with E-state index < -0.39 is 47.2 Å². The number of carbonyl (C=O) groups is 1. The molecular formula is C18H18ClF3N2O3. The van der Waals surface area contributed by atoms with Gasteiger partial charge in [0.15, 0.2) is 11.6 Å². The Bertz CT molecular complexity index is 821. The van der Waals surface area contributed by atoms with Gasteiger partial charge in [-0.25, -0.2) is 13.2 Å². The Kier molecular flexibility index (Phi) is 7.46. The Morgan fingerprint density at radius 3 is 2.56 bits per heavy atom. The molecule has 146 valence electrons. The zero-order valence-corrected chi connectivity index (χ0v) is 14.9. The van der Waals surface area contributed by atoms with Crippen molar-refractivity contribution < 1.29 is 28.2 Å². The molecule has 5 nitrogen and oxygen atoms in total. The Labute approximate surface area is 158 Å². The van der Waals surface area contributed by atoms with Gasteiger partial charge in [0.1, 0.15) is 5.82 Å². The number of aliphatic hydroxyl groups is 1. The van der Waals surface area contributed by atoms with Crippen LogP contribution in [0, 0.1) is 17.5 Å². The molecule has 4 N–H and O–H groups in total. The van der Waals surface area contributed by atoms with Crippen LogP contribution in [-0.4, -0.2) is 35.8 Å². The average molecular weight is 403 g/mol. The molecular weight excluding hydrogens is 385 g/mol. The zero-order chi connectivity index (χ0) is 20.0. The fourth-order valence-electron chi connectivity index (χ4n) is 2.43. The molecule has 0 aliphatic carbocycles. The first-order valence-electron chi connectivity index (χ1n) is 8.06.